The number of aliphatic carboxylic acids is 1. The van der Waals surface area contributed by atoms with E-state index >= 15 is 0 Å². The molecule has 1 aliphatic heterocycles. The fourth-order valence-corrected chi connectivity index (χ4v) is 2.84. The number of hydrogen-bond acceptors (Lipinski definition) is 5. The molecule has 2 rings (SSSR count). The first kappa shape index (κ1) is 15.6. The third-order valence-corrected chi connectivity index (χ3v) is 4.03. The highest BCUT2D eigenvalue weighted by Gasteiger charge is 2.33. The van der Waals surface area contributed by atoms with Gasteiger partial charge in [-0.25, -0.2) is 0 Å². The minimum Gasteiger partial charge on any atom is -0.497 e. The van der Waals surface area contributed by atoms with Crippen LogP contribution in [0.3, 0.4) is 0 Å². The van der Waals surface area contributed by atoms with Gasteiger partial charge in [-0.1, -0.05) is 0 Å². The third kappa shape index (κ3) is 3.28. The Bertz CT molecular complexity index is 506. The van der Waals surface area contributed by atoms with Crippen molar-refractivity contribution < 1.29 is 19.4 Å². The van der Waals surface area contributed by atoms with Gasteiger partial charge in [-0.15, -0.1) is 0 Å². The Kier molecular flexibility index (Phi) is 5.03. The van der Waals surface area contributed by atoms with E-state index < -0.39 is 5.97 Å². The Morgan fingerprint density at radius 2 is 2.24 bits per heavy atom. The Hall–Kier alpha value is -1.79. The van der Waals surface area contributed by atoms with Crippen molar-refractivity contribution in [1.29, 1.82) is 0 Å². The van der Waals surface area contributed by atoms with Gasteiger partial charge in [-0.2, -0.15) is 0 Å². The number of nitrogens with two attached hydrogens (primary N) is 1. The van der Waals surface area contributed by atoms with Gasteiger partial charge in [0, 0.05) is 18.7 Å². The van der Waals surface area contributed by atoms with Crippen LogP contribution in [0.2, 0.25) is 0 Å². The second kappa shape index (κ2) is 6.78. The molecule has 0 aliphatic carbocycles. The van der Waals surface area contributed by atoms with E-state index in [0.717, 1.165) is 23.6 Å². The minimum absolute atomic E-state index is 0.0700. The van der Waals surface area contributed by atoms with Crippen molar-refractivity contribution >= 4 is 5.97 Å². The van der Waals surface area contributed by atoms with E-state index in [1.165, 1.54) is 0 Å². The molecule has 6 nitrogen and oxygen atoms in total. The summed E-state index contributed by atoms with van der Waals surface area (Å²) in [6, 6.07) is 5.52. The molecule has 3 N–H and O–H groups in total. The Labute approximate surface area is 124 Å². The van der Waals surface area contributed by atoms with Crippen molar-refractivity contribution in [3.63, 3.8) is 0 Å². The molecule has 0 radical (unpaired) electrons. The lowest BCUT2D eigenvalue weighted by atomic mass is 10.0. The molecule has 1 aromatic rings. The van der Waals surface area contributed by atoms with Crippen molar-refractivity contribution in [3.8, 4) is 11.5 Å². The standard InChI is InChI=1S/C15H22N2O4/c1-20-11-3-4-14(21-2)12(7-11)13(8-16)17-6-5-10(9-17)15(18)19/h3-4,7,10,13H,5-6,8-9,16H2,1-2H3,(H,18,19). The molecule has 1 saturated heterocycles. The first-order chi connectivity index (χ1) is 10.1. The zero-order valence-electron chi connectivity index (χ0n) is 12.4. The Balaban J connectivity index is 2.27. The summed E-state index contributed by atoms with van der Waals surface area (Å²) in [5, 5.41) is 9.14. The highest BCUT2D eigenvalue weighted by Crippen LogP contribution is 2.34. The quantitative estimate of drug-likeness (QED) is 0.817. The van der Waals surface area contributed by atoms with Crippen LogP contribution in [-0.4, -0.2) is 49.8 Å². The largest absolute Gasteiger partial charge is 0.497 e. The van der Waals surface area contributed by atoms with Crippen LogP contribution in [0.4, 0.5) is 0 Å². The van der Waals surface area contributed by atoms with Gasteiger partial charge in [0.25, 0.3) is 0 Å². The predicted octanol–water partition coefficient (Wildman–Crippen LogP) is 1.11. The molecular formula is C15H22N2O4. The van der Waals surface area contributed by atoms with E-state index in [9.17, 15) is 4.79 Å². The van der Waals surface area contributed by atoms with Gasteiger partial charge in [0.1, 0.15) is 11.5 Å². The second-order valence-corrected chi connectivity index (χ2v) is 5.18. The summed E-state index contributed by atoms with van der Waals surface area (Å²) in [6.07, 6.45) is 0.651. The second-order valence-electron chi connectivity index (χ2n) is 5.18. The summed E-state index contributed by atoms with van der Waals surface area (Å²) < 4.78 is 10.7. The van der Waals surface area contributed by atoms with Crippen LogP contribution in [0, 0.1) is 5.92 Å². The van der Waals surface area contributed by atoms with Crippen LogP contribution in [0.5, 0.6) is 11.5 Å². The number of rotatable bonds is 6. The van der Waals surface area contributed by atoms with Gasteiger partial charge in [0.05, 0.1) is 26.2 Å². The van der Waals surface area contributed by atoms with Crippen LogP contribution in [0.1, 0.15) is 18.0 Å². The summed E-state index contributed by atoms with van der Waals surface area (Å²) in [4.78, 5) is 13.2. The van der Waals surface area contributed by atoms with E-state index in [-0.39, 0.29) is 12.0 Å². The highest BCUT2D eigenvalue weighted by atomic mass is 16.5. The zero-order valence-corrected chi connectivity index (χ0v) is 12.4. The molecule has 1 aliphatic rings. The fraction of sp³-hybridized carbons (Fsp3) is 0.533. The molecule has 0 spiro atoms. The molecule has 0 bridgehead atoms. The number of likely N-dealkylation sites (tertiary alicyclic amines) is 1. The summed E-state index contributed by atoms with van der Waals surface area (Å²) in [5.74, 6) is 0.407. The normalized spacial score (nSPS) is 20.2. The van der Waals surface area contributed by atoms with Gasteiger partial charge in [0.15, 0.2) is 0 Å². The van der Waals surface area contributed by atoms with E-state index in [4.69, 9.17) is 20.3 Å². The summed E-state index contributed by atoms with van der Waals surface area (Å²) in [6.45, 7) is 1.63. The zero-order chi connectivity index (χ0) is 15.4. The monoisotopic (exact) mass is 294 g/mol. The van der Waals surface area contributed by atoms with Crippen LogP contribution < -0.4 is 15.2 Å². The highest BCUT2D eigenvalue weighted by molar-refractivity contribution is 5.70. The molecule has 1 fully saturated rings. The molecule has 2 atom stereocenters. The number of carboxylic acid groups (broad SMARTS) is 1. The van der Waals surface area contributed by atoms with E-state index in [1.807, 2.05) is 18.2 Å². The van der Waals surface area contributed by atoms with Gasteiger partial charge in [-0.05, 0) is 31.2 Å². The van der Waals surface area contributed by atoms with Crippen molar-refractivity contribution in [2.45, 2.75) is 12.5 Å². The van der Waals surface area contributed by atoms with Gasteiger partial charge < -0.3 is 20.3 Å². The number of carboxylic acids is 1. The van der Waals surface area contributed by atoms with E-state index in [0.29, 0.717) is 19.5 Å². The van der Waals surface area contributed by atoms with Gasteiger partial charge in [0.2, 0.25) is 0 Å². The minimum atomic E-state index is -0.745. The SMILES string of the molecule is COc1ccc(OC)c(C(CN)N2CCC(C(=O)O)C2)c1. The molecule has 21 heavy (non-hydrogen) atoms. The Morgan fingerprint density at radius 1 is 1.48 bits per heavy atom. The first-order valence-electron chi connectivity index (χ1n) is 6.99. The van der Waals surface area contributed by atoms with Gasteiger partial charge in [-0.3, -0.25) is 9.69 Å². The summed E-state index contributed by atoms with van der Waals surface area (Å²) in [7, 11) is 3.22. The van der Waals surface area contributed by atoms with Crippen LogP contribution >= 0.6 is 0 Å². The van der Waals surface area contributed by atoms with Crippen LogP contribution in [-0.2, 0) is 4.79 Å². The molecule has 116 valence electrons. The molecule has 0 amide bonds. The lowest BCUT2D eigenvalue weighted by molar-refractivity contribution is -0.141. The third-order valence-electron chi connectivity index (χ3n) is 4.03. The predicted molar refractivity (Wildman–Crippen MR) is 78.7 cm³/mol. The van der Waals surface area contributed by atoms with E-state index in [2.05, 4.69) is 4.90 Å². The van der Waals surface area contributed by atoms with Crippen molar-refractivity contribution in [1.82, 2.24) is 4.90 Å². The summed E-state index contributed by atoms with van der Waals surface area (Å²) >= 11 is 0. The smallest absolute Gasteiger partial charge is 0.307 e. The molecule has 1 aromatic carbocycles. The van der Waals surface area contributed by atoms with Crippen LogP contribution in [0.25, 0.3) is 0 Å². The fourth-order valence-electron chi connectivity index (χ4n) is 2.84. The van der Waals surface area contributed by atoms with Crippen molar-refractivity contribution in [2.75, 3.05) is 33.9 Å². The molecule has 0 aromatic heterocycles. The maximum atomic E-state index is 11.1. The van der Waals surface area contributed by atoms with Crippen LogP contribution in [0.15, 0.2) is 18.2 Å². The number of nitrogens with zero attached hydrogens (tertiary/aromatic N) is 1. The average molecular weight is 294 g/mol. The number of methoxy groups -OCH3 is 2. The number of carbonyl (C=O) groups is 1. The number of hydrogen-bond donors (Lipinski definition) is 2. The maximum Gasteiger partial charge on any atom is 0.307 e. The first-order valence-corrected chi connectivity index (χ1v) is 6.99. The molecule has 0 saturated carbocycles. The topological polar surface area (TPSA) is 85.0 Å². The molecule has 2 unspecified atom stereocenters. The van der Waals surface area contributed by atoms with Gasteiger partial charge >= 0.3 is 5.97 Å². The maximum absolute atomic E-state index is 11.1. The molecule has 6 heteroatoms. The summed E-state index contributed by atoms with van der Waals surface area (Å²) in [5.41, 5.74) is 6.87. The lowest BCUT2D eigenvalue weighted by Crippen LogP contribution is -2.33. The lowest BCUT2D eigenvalue weighted by Gasteiger charge is -2.28. The molecular weight excluding hydrogens is 272 g/mol. The average Bonchev–Trinajstić information content (AvgIpc) is 2.98. The number of ether oxygens (including phenoxy) is 2. The van der Waals surface area contributed by atoms with Crippen molar-refractivity contribution in [2.24, 2.45) is 11.7 Å². The Morgan fingerprint density at radius 3 is 2.76 bits per heavy atom. The number of benzene rings is 1. The van der Waals surface area contributed by atoms with E-state index in [1.54, 1.807) is 14.2 Å². The van der Waals surface area contributed by atoms with Crippen molar-refractivity contribution in [3.05, 3.63) is 23.8 Å². The molecule has 1 heterocycles.